The highest BCUT2D eigenvalue weighted by molar-refractivity contribution is 9.10. The van der Waals surface area contributed by atoms with Gasteiger partial charge in [-0.15, -0.1) is 11.3 Å². The van der Waals surface area contributed by atoms with Gasteiger partial charge in [0.2, 0.25) is 0 Å². The summed E-state index contributed by atoms with van der Waals surface area (Å²) in [5.41, 5.74) is 5.35. The third-order valence-electron chi connectivity index (χ3n) is 2.76. The standard InChI is InChI=1S/C13H15BrN2S/c1-8-7-10(14)4-5-11(8)13(16-15)12-6-3-9(2)17-12/h3-7,13,16H,15H2,1-2H3. The number of hydrogen-bond acceptors (Lipinski definition) is 3. The molecule has 4 heteroatoms. The van der Waals surface area contributed by atoms with Gasteiger partial charge in [0.05, 0.1) is 6.04 Å². The van der Waals surface area contributed by atoms with Crippen LogP contribution in [0.25, 0.3) is 0 Å². The monoisotopic (exact) mass is 310 g/mol. The molecule has 1 heterocycles. The Kier molecular flexibility index (Phi) is 3.99. The third kappa shape index (κ3) is 2.77. The van der Waals surface area contributed by atoms with E-state index < -0.39 is 0 Å². The number of hydrogen-bond donors (Lipinski definition) is 2. The van der Waals surface area contributed by atoms with Crippen LogP contribution in [0.1, 0.15) is 26.9 Å². The molecule has 2 nitrogen and oxygen atoms in total. The van der Waals surface area contributed by atoms with E-state index in [-0.39, 0.29) is 6.04 Å². The van der Waals surface area contributed by atoms with Gasteiger partial charge in [0.15, 0.2) is 0 Å². The Hall–Kier alpha value is -0.680. The molecule has 2 aromatic rings. The van der Waals surface area contributed by atoms with Gasteiger partial charge in [-0.25, -0.2) is 5.43 Å². The van der Waals surface area contributed by atoms with E-state index in [1.165, 1.54) is 20.9 Å². The van der Waals surface area contributed by atoms with E-state index >= 15 is 0 Å². The van der Waals surface area contributed by atoms with Crippen molar-refractivity contribution in [2.45, 2.75) is 19.9 Å². The number of benzene rings is 1. The molecule has 17 heavy (non-hydrogen) atoms. The van der Waals surface area contributed by atoms with E-state index in [0.717, 1.165) is 4.47 Å². The van der Waals surface area contributed by atoms with Gasteiger partial charge in [-0.05, 0) is 49.2 Å². The van der Waals surface area contributed by atoms with Crippen molar-refractivity contribution in [3.05, 3.63) is 55.7 Å². The molecule has 0 aliphatic carbocycles. The van der Waals surface area contributed by atoms with Crippen molar-refractivity contribution in [1.29, 1.82) is 0 Å². The minimum absolute atomic E-state index is 0.0711. The summed E-state index contributed by atoms with van der Waals surface area (Å²) in [5.74, 6) is 5.70. The Labute approximate surface area is 114 Å². The Morgan fingerprint density at radius 3 is 2.53 bits per heavy atom. The van der Waals surface area contributed by atoms with Crippen molar-refractivity contribution in [1.82, 2.24) is 5.43 Å². The lowest BCUT2D eigenvalue weighted by atomic mass is 10.0. The van der Waals surface area contributed by atoms with Crippen molar-refractivity contribution < 1.29 is 0 Å². The average molecular weight is 311 g/mol. The van der Waals surface area contributed by atoms with Crippen LogP contribution in [0, 0.1) is 13.8 Å². The zero-order valence-corrected chi connectivity index (χ0v) is 12.2. The van der Waals surface area contributed by atoms with Gasteiger partial charge in [-0.1, -0.05) is 22.0 Å². The number of hydrazine groups is 1. The fourth-order valence-electron chi connectivity index (χ4n) is 1.90. The lowest BCUT2D eigenvalue weighted by Gasteiger charge is -2.17. The molecule has 0 bridgehead atoms. The van der Waals surface area contributed by atoms with Crippen molar-refractivity contribution in [3.63, 3.8) is 0 Å². The lowest BCUT2D eigenvalue weighted by Crippen LogP contribution is -2.28. The summed E-state index contributed by atoms with van der Waals surface area (Å²) >= 11 is 5.25. The average Bonchev–Trinajstić information content (AvgIpc) is 2.69. The predicted octanol–water partition coefficient (Wildman–Crippen LogP) is 3.68. The number of rotatable bonds is 3. The summed E-state index contributed by atoms with van der Waals surface area (Å²) in [6.07, 6.45) is 0. The molecule has 0 spiro atoms. The van der Waals surface area contributed by atoms with Crippen LogP contribution in [-0.2, 0) is 0 Å². The van der Waals surface area contributed by atoms with Gasteiger partial charge in [-0.3, -0.25) is 5.84 Å². The van der Waals surface area contributed by atoms with Crippen LogP contribution >= 0.6 is 27.3 Å². The smallest absolute Gasteiger partial charge is 0.0805 e. The van der Waals surface area contributed by atoms with Gasteiger partial charge >= 0.3 is 0 Å². The molecular formula is C13H15BrN2S. The first-order valence-electron chi connectivity index (χ1n) is 5.40. The quantitative estimate of drug-likeness (QED) is 0.670. The zero-order valence-electron chi connectivity index (χ0n) is 9.83. The summed E-state index contributed by atoms with van der Waals surface area (Å²) in [7, 11) is 0. The molecule has 0 saturated carbocycles. The Morgan fingerprint density at radius 2 is 2.00 bits per heavy atom. The van der Waals surface area contributed by atoms with Crippen LogP contribution < -0.4 is 11.3 Å². The molecule has 0 aliphatic rings. The lowest BCUT2D eigenvalue weighted by molar-refractivity contribution is 0.643. The van der Waals surface area contributed by atoms with Crippen LogP contribution in [0.4, 0.5) is 0 Å². The fraction of sp³-hybridized carbons (Fsp3) is 0.231. The first kappa shape index (κ1) is 12.8. The largest absolute Gasteiger partial charge is 0.271 e. The molecule has 90 valence electrons. The molecule has 0 radical (unpaired) electrons. The Bertz CT molecular complexity index is 522. The highest BCUT2D eigenvalue weighted by atomic mass is 79.9. The third-order valence-corrected chi connectivity index (χ3v) is 4.31. The number of nitrogens with two attached hydrogens (primary N) is 1. The Morgan fingerprint density at radius 1 is 1.24 bits per heavy atom. The van der Waals surface area contributed by atoms with E-state index in [1.54, 1.807) is 11.3 Å². The molecule has 2 rings (SSSR count). The second-order valence-corrected chi connectivity index (χ2v) is 6.28. The molecule has 0 saturated heterocycles. The highest BCUT2D eigenvalue weighted by Crippen LogP contribution is 2.30. The molecule has 0 aliphatic heterocycles. The van der Waals surface area contributed by atoms with Crippen molar-refractivity contribution in [2.75, 3.05) is 0 Å². The molecule has 0 fully saturated rings. The number of thiophene rings is 1. The van der Waals surface area contributed by atoms with Crippen LogP contribution in [-0.4, -0.2) is 0 Å². The molecule has 0 amide bonds. The number of nitrogens with one attached hydrogen (secondary N) is 1. The highest BCUT2D eigenvalue weighted by Gasteiger charge is 2.16. The first-order chi connectivity index (χ1) is 8.11. The van der Waals surface area contributed by atoms with Crippen LogP contribution in [0.2, 0.25) is 0 Å². The molecular weight excluding hydrogens is 296 g/mol. The predicted molar refractivity (Wildman–Crippen MR) is 77.1 cm³/mol. The summed E-state index contributed by atoms with van der Waals surface area (Å²) in [6, 6.07) is 10.6. The minimum Gasteiger partial charge on any atom is -0.271 e. The van der Waals surface area contributed by atoms with Gasteiger partial charge in [0, 0.05) is 14.2 Å². The van der Waals surface area contributed by atoms with Crippen LogP contribution in [0.5, 0.6) is 0 Å². The van der Waals surface area contributed by atoms with Crippen molar-refractivity contribution in [3.8, 4) is 0 Å². The van der Waals surface area contributed by atoms with E-state index in [0.29, 0.717) is 0 Å². The second-order valence-electron chi connectivity index (χ2n) is 4.05. The molecule has 1 aromatic carbocycles. The topological polar surface area (TPSA) is 38.0 Å². The summed E-state index contributed by atoms with van der Waals surface area (Å²) in [6.45, 7) is 4.21. The normalized spacial score (nSPS) is 12.7. The van der Waals surface area contributed by atoms with Gasteiger partial charge in [0.25, 0.3) is 0 Å². The Balaban J connectivity index is 2.42. The maximum atomic E-state index is 5.70. The van der Waals surface area contributed by atoms with E-state index in [1.807, 2.05) is 6.07 Å². The van der Waals surface area contributed by atoms with Gasteiger partial charge in [0.1, 0.15) is 0 Å². The maximum absolute atomic E-state index is 5.70. The van der Waals surface area contributed by atoms with Crippen LogP contribution in [0.15, 0.2) is 34.8 Å². The number of halogens is 1. The van der Waals surface area contributed by atoms with E-state index in [4.69, 9.17) is 5.84 Å². The van der Waals surface area contributed by atoms with Crippen molar-refractivity contribution >= 4 is 27.3 Å². The SMILES string of the molecule is Cc1ccc(C(NN)c2ccc(Br)cc2C)s1. The zero-order chi connectivity index (χ0) is 12.4. The fourth-order valence-corrected chi connectivity index (χ4v) is 3.33. The maximum Gasteiger partial charge on any atom is 0.0805 e. The molecule has 3 N–H and O–H groups in total. The molecule has 1 atom stereocenters. The summed E-state index contributed by atoms with van der Waals surface area (Å²) in [5, 5.41) is 0. The molecule has 1 unspecified atom stereocenters. The minimum atomic E-state index is 0.0711. The number of aryl methyl sites for hydroxylation is 2. The summed E-state index contributed by atoms with van der Waals surface area (Å²) < 4.78 is 1.09. The van der Waals surface area contributed by atoms with Crippen LogP contribution in [0.3, 0.4) is 0 Å². The van der Waals surface area contributed by atoms with E-state index in [9.17, 15) is 0 Å². The van der Waals surface area contributed by atoms with Gasteiger partial charge in [-0.2, -0.15) is 0 Å². The summed E-state index contributed by atoms with van der Waals surface area (Å²) in [4.78, 5) is 2.55. The molecule has 1 aromatic heterocycles. The first-order valence-corrected chi connectivity index (χ1v) is 7.01. The van der Waals surface area contributed by atoms with Crippen molar-refractivity contribution in [2.24, 2.45) is 5.84 Å². The van der Waals surface area contributed by atoms with E-state index in [2.05, 4.69) is 59.5 Å². The second kappa shape index (κ2) is 5.31. The van der Waals surface area contributed by atoms with Gasteiger partial charge < -0.3 is 0 Å².